The van der Waals surface area contributed by atoms with Crippen molar-refractivity contribution < 1.29 is 9.59 Å². The van der Waals surface area contributed by atoms with E-state index in [1.165, 1.54) is 0 Å². The molecule has 1 N–H and O–H groups in total. The molecule has 1 aliphatic carbocycles. The molecule has 1 atom stereocenters. The summed E-state index contributed by atoms with van der Waals surface area (Å²) in [5.74, 6) is -0.596. The maximum atomic E-state index is 11.3. The number of carbonyl (C=O) groups is 2. The zero-order chi connectivity index (χ0) is 10.1. The summed E-state index contributed by atoms with van der Waals surface area (Å²) >= 11 is 4.12. The van der Waals surface area contributed by atoms with Crippen molar-refractivity contribution in [3.8, 4) is 0 Å². The molecular weight excluding hydrogens is 198 g/mol. The Morgan fingerprint density at radius 3 is 2.43 bits per heavy atom. The largest absolute Gasteiger partial charge is 0.325 e. The van der Waals surface area contributed by atoms with Gasteiger partial charge in [0.1, 0.15) is 11.7 Å². The lowest BCUT2D eigenvalue weighted by molar-refractivity contribution is -0.120. The van der Waals surface area contributed by atoms with E-state index in [2.05, 4.69) is 17.9 Å². The van der Waals surface area contributed by atoms with E-state index in [9.17, 15) is 9.59 Å². The molecule has 0 heterocycles. The number of nitrogens with one attached hydrogen (secondary N) is 1. The van der Waals surface area contributed by atoms with E-state index in [0.29, 0.717) is 12.1 Å². The molecule has 0 bridgehead atoms. The van der Waals surface area contributed by atoms with Crippen LogP contribution < -0.4 is 5.32 Å². The number of hydrogen-bond acceptors (Lipinski definition) is 3. The van der Waals surface area contributed by atoms with Crippen molar-refractivity contribution in [1.29, 1.82) is 0 Å². The number of thiol groups is 1. The lowest BCUT2D eigenvalue weighted by Crippen LogP contribution is -2.14. The van der Waals surface area contributed by atoms with Crippen molar-refractivity contribution in [2.45, 2.75) is 11.3 Å². The third-order valence-corrected chi connectivity index (χ3v) is 2.38. The van der Waals surface area contributed by atoms with Crippen LogP contribution in [0.15, 0.2) is 29.2 Å². The SMILES string of the molecule is O=C1CC1C(=O)Nc1ccc(S)cc1. The lowest BCUT2D eigenvalue weighted by atomic mass is 10.3. The zero-order valence-electron chi connectivity index (χ0n) is 7.36. The zero-order valence-corrected chi connectivity index (χ0v) is 8.25. The Kier molecular flexibility index (Phi) is 2.29. The van der Waals surface area contributed by atoms with Crippen molar-refractivity contribution in [2.75, 3.05) is 5.32 Å². The second kappa shape index (κ2) is 3.46. The van der Waals surface area contributed by atoms with Crippen molar-refractivity contribution in [2.24, 2.45) is 5.92 Å². The second-order valence-corrected chi connectivity index (χ2v) is 3.78. The molecule has 1 unspecified atom stereocenters. The number of rotatable bonds is 2. The minimum Gasteiger partial charge on any atom is -0.325 e. The molecule has 72 valence electrons. The molecule has 1 aromatic carbocycles. The molecule has 4 heteroatoms. The summed E-state index contributed by atoms with van der Waals surface area (Å²) in [5.41, 5.74) is 0.701. The fourth-order valence-electron chi connectivity index (χ4n) is 1.16. The van der Waals surface area contributed by atoms with Gasteiger partial charge in [0.05, 0.1) is 0 Å². The van der Waals surface area contributed by atoms with Crippen LogP contribution in [0, 0.1) is 5.92 Å². The summed E-state index contributed by atoms with van der Waals surface area (Å²) in [5, 5.41) is 2.67. The molecule has 2 rings (SSSR count). The molecule has 0 spiro atoms. The van der Waals surface area contributed by atoms with Gasteiger partial charge in [-0.3, -0.25) is 9.59 Å². The Morgan fingerprint density at radius 2 is 1.93 bits per heavy atom. The highest BCUT2D eigenvalue weighted by atomic mass is 32.1. The first-order chi connectivity index (χ1) is 6.66. The van der Waals surface area contributed by atoms with Crippen molar-refractivity contribution in [3.05, 3.63) is 24.3 Å². The standard InChI is InChI=1S/C10H9NO2S/c12-9-5-8(9)10(13)11-6-1-3-7(14)4-2-6/h1-4,8,14H,5H2,(H,11,13). The molecule has 1 aliphatic rings. The maximum absolute atomic E-state index is 11.3. The highest BCUT2D eigenvalue weighted by molar-refractivity contribution is 7.80. The molecule has 1 saturated carbocycles. The average molecular weight is 207 g/mol. The summed E-state index contributed by atoms with van der Waals surface area (Å²) < 4.78 is 0. The van der Waals surface area contributed by atoms with Crippen LogP contribution in [-0.2, 0) is 9.59 Å². The van der Waals surface area contributed by atoms with E-state index in [-0.39, 0.29) is 11.7 Å². The molecule has 14 heavy (non-hydrogen) atoms. The van der Waals surface area contributed by atoms with Crippen LogP contribution >= 0.6 is 12.6 Å². The van der Waals surface area contributed by atoms with Crippen LogP contribution in [0.1, 0.15) is 6.42 Å². The Morgan fingerprint density at radius 1 is 1.36 bits per heavy atom. The number of ketones is 1. The fraction of sp³-hybridized carbons (Fsp3) is 0.200. The van der Waals surface area contributed by atoms with Crippen LogP contribution in [0.25, 0.3) is 0 Å². The van der Waals surface area contributed by atoms with Gasteiger partial charge in [0, 0.05) is 17.0 Å². The first-order valence-corrected chi connectivity index (χ1v) is 4.74. The van der Waals surface area contributed by atoms with Crippen molar-refractivity contribution in [3.63, 3.8) is 0 Å². The number of benzene rings is 1. The van der Waals surface area contributed by atoms with Crippen LogP contribution in [0.2, 0.25) is 0 Å². The Balaban J connectivity index is 2.00. The number of Topliss-reactive ketones (excluding diaryl/α,β-unsaturated/α-hetero) is 1. The van der Waals surface area contributed by atoms with E-state index in [0.717, 1.165) is 4.90 Å². The highest BCUT2D eigenvalue weighted by Gasteiger charge is 2.41. The van der Waals surface area contributed by atoms with Gasteiger partial charge >= 0.3 is 0 Å². The molecule has 0 saturated heterocycles. The Labute approximate surface area is 86.9 Å². The van der Waals surface area contributed by atoms with E-state index >= 15 is 0 Å². The van der Waals surface area contributed by atoms with Crippen molar-refractivity contribution in [1.82, 2.24) is 0 Å². The monoisotopic (exact) mass is 207 g/mol. The second-order valence-electron chi connectivity index (χ2n) is 3.26. The first kappa shape index (κ1) is 9.27. The van der Waals surface area contributed by atoms with Gasteiger partial charge in [-0.15, -0.1) is 12.6 Å². The smallest absolute Gasteiger partial charge is 0.235 e. The van der Waals surface area contributed by atoms with Crippen LogP contribution in [-0.4, -0.2) is 11.7 Å². The summed E-state index contributed by atoms with van der Waals surface area (Å²) in [6.07, 6.45) is 0.385. The highest BCUT2D eigenvalue weighted by Crippen LogP contribution is 2.25. The van der Waals surface area contributed by atoms with Gasteiger partial charge in [-0.25, -0.2) is 0 Å². The average Bonchev–Trinajstić information content (AvgIpc) is 2.87. The number of hydrogen-bond donors (Lipinski definition) is 2. The predicted molar refractivity (Wildman–Crippen MR) is 55.4 cm³/mol. The number of carbonyl (C=O) groups excluding carboxylic acids is 2. The molecule has 0 radical (unpaired) electrons. The first-order valence-electron chi connectivity index (χ1n) is 4.29. The third-order valence-electron chi connectivity index (χ3n) is 2.09. The lowest BCUT2D eigenvalue weighted by Gasteiger charge is -2.02. The van der Waals surface area contributed by atoms with Crippen molar-refractivity contribution >= 4 is 30.0 Å². The van der Waals surface area contributed by atoms with E-state index in [1.807, 2.05) is 0 Å². The van der Waals surface area contributed by atoms with Gasteiger partial charge in [-0.1, -0.05) is 0 Å². The summed E-state index contributed by atoms with van der Waals surface area (Å²) in [4.78, 5) is 22.9. The molecule has 1 amide bonds. The maximum Gasteiger partial charge on any atom is 0.235 e. The summed E-state index contributed by atoms with van der Waals surface area (Å²) in [6, 6.07) is 7.08. The van der Waals surface area contributed by atoms with Gasteiger partial charge in [-0.2, -0.15) is 0 Å². The predicted octanol–water partition coefficient (Wildman–Crippen LogP) is 1.50. The topological polar surface area (TPSA) is 46.2 Å². The minimum atomic E-state index is -0.411. The molecule has 1 fully saturated rings. The summed E-state index contributed by atoms with van der Waals surface area (Å²) in [7, 11) is 0. The molecule has 1 aromatic rings. The normalized spacial score (nSPS) is 19.2. The molecule has 0 aromatic heterocycles. The van der Waals surface area contributed by atoms with Gasteiger partial charge in [0.2, 0.25) is 5.91 Å². The van der Waals surface area contributed by atoms with Crippen LogP contribution in [0.4, 0.5) is 5.69 Å². The molecule has 0 aliphatic heterocycles. The Bertz CT molecular complexity index is 386. The molecule has 3 nitrogen and oxygen atoms in total. The summed E-state index contributed by atoms with van der Waals surface area (Å²) in [6.45, 7) is 0. The Hall–Kier alpha value is -1.29. The van der Waals surface area contributed by atoms with Gasteiger partial charge < -0.3 is 5.32 Å². The van der Waals surface area contributed by atoms with Crippen LogP contribution in [0.5, 0.6) is 0 Å². The van der Waals surface area contributed by atoms with Crippen LogP contribution in [0.3, 0.4) is 0 Å². The molecular formula is C10H9NO2S. The quantitative estimate of drug-likeness (QED) is 0.570. The third kappa shape index (κ3) is 1.96. The van der Waals surface area contributed by atoms with Gasteiger partial charge in [0.25, 0.3) is 0 Å². The van der Waals surface area contributed by atoms with E-state index in [1.54, 1.807) is 24.3 Å². The van der Waals surface area contributed by atoms with Gasteiger partial charge in [-0.05, 0) is 24.3 Å². The number of anilines is 1. The van der Waals surface area contributed by atoms with E-state index < -0.39 is 5.92 Å². The van der Waals surface area contributed by atoms with Gasteiger partial charge in [0.15, 0.2) is 0 Å². The van der Waals surface area contributed by atoms with E-state index in [4.69, 9.17) is 0 Å². The fourth-order valence-corrected chi connectivity index (χ4v) is 1.30. The number of amides is 1. The minimum absolute atomic E-state index is 0.0216.